The predicted octanol–water partition coefficient (Wildman–Crippen LogP) is 6.16. The summed E-state index contributed by atoms with van der Waals surface area (Å²) in [5.41, 5.74) is 2.96. The van der Waals surface area contributed by atoms with Crippen molar-refractivity contribution in [1.29, 1.82) is 0 Å². The Morgan fingerprint density at radius 3 is 2.76 bits per heavy atom. The summed E-state index contributed by atoms with van der Waals surface area (Å²) in [5.74, 6) is 0.398. The molecule has 3 rings (SSSR count). The molecule has 1 atom stereocenters. The maximum absolute atomic E-state index is 13.6. The zero-order chi connectivity index (χ0) is 18.2. The summed E-state index contributed by atoms with van der Waals surface area (Å²) in [6, 6.07) is 10.1. The first-order valence-electron chi connectivity index (χ1n) is 7.93. The number of amides is 1. The molecule has 2 aromatic rings. The van der Waals surface area contributed by atoms with Crippen LogP contribution in [0.5, 0.6) is 0 Å². The van der Waals surface area contributed by atoms with Crippen LogP contribution >= 0.6 is 23.4 Å². The summed E-state index contributed by atoms with van der Waals surface area (Å²) in [4.78, 5) is 12.1. The topological polar surface area (TPSA) is 38.3 Å². The smallest absolute Gasteiger partial charge is 0.412 e. The van der Waals surface area contributed by atoms with Crippen molar-refractivity contribution >= 4 is 35.1 Å². The van der Waals surface area contributed by atoms with Gasteiger partial charge in [0.15, 0.2) is 0 Å². The lowest BCUT2D eigenvalue weighted by molar-refractivity contribution is 0.0636. The van der Waals surface area contributed by atoms with Gasteiger partial charge in [-0.2, -0.15) is 0 Å². The van der Waals surface area contributed by atoms with Crippen LogP contribution in [-0.4, -0.2) is 11.7 Å². The van der Waals surface area contributed by atoms with Gasteiger partial charge in [-0.3, -0.25) is 5.32 Å². The first-order valence-corrected chi connectivity index (χ1v) is 9.35. The van der Waals surface area contributed by atoms with Crippen LogP contribution in [-0.2, 0) is 10.5 Å². The molecule has 0 saturated heterocycles. The number of nitrogens with one attached hydrogen (secondary N) is 1. The summed E-state index contributed by atoms with van der Waals surface area (Å²) in [7, 11) is 0. The molecule has 0 radical (unpaired) electrons. The number of benzene rings is 2. The van der Waals surface area contributed by atoms with Crippen molar-refractivity contribution < 1.29 is 13.9 Å². The van der Waals surface area contributed by atoms with Gasteiger partial charge in [-0.1, -0.05) is 23.7 Å². The molecule has 1 aliphatic heterocycles. The SMILES string of the molecule is CC(C)(C)OC(=O)Nc1cccc2c1CSC2c1cc(F)ccc1Cl. The molecular formula is C19H19ClFNO2S. The van der Waals surface area contributed by atoms with E-state index >= 15 is 0 Å². The number of hydrogen-bond donors (Lipinski definition) is 1. The molecule has 0 aliphatic carbocycles. The number of rotatable bonds is 2. The molecular weight excluding hydrogens is 361 g/mol. The van der Waals surface area contributed by atoms with E-state index in [0.29, 0.717) is 16.5 Å². The lowest BCUT2D eigenvalue weighted by Gasteiger charge is -2.20. The minimum absolute atomic E-state index is 0.0569. The van der Waals surface area contributed by atoms with E-state index in [9.17, 15) is 9.18 Å². The highest BCUT2D eigenvalue weighted by Crippen LogP contribution is 2.49. The monoisotopic (exact) mass is 379 g/mol. The minimum Gasteiger partial charge on any atom is -0.444 e. The number of hydrogen-bond acceptors (Lipinski definition) is 3. The quantitative estimate of drug-likeness (QED) is 0.678. The average Bonchev–Trinajstić information content (AvgIpc) is 2.93. The van der Waals surface area contributed by atoms with Crippen LogP contribution in [0, 0.1) is 5.82 Å². The van der Waals surface area contributed by atoms with Crippen LogP contribution in [0.3, 0.4) is 0 Å². The Morgan fingerprint density at radius 1 is 1.28 bits per heavy atom. The van der Waals surface area contributed by atoms with Gasteiger partial charge < -0.3 is 4.74 Å². The van der Waals surface area contributed by atoms with E-state index < -0.39 is 11.7 Å². The van der Waals surface area contributed by atoms with Gasteiger partial charge in [0.25, 0.3) is 0 Å². The van der Waals surface area contributed by atoms with E-state index in [2.05, 4.69) is 5.32 Å². The third-order valence-electron chi connectivity index (χ3n) is 3.77. The van der Waals surface area contributed by atoms with Gasteiger partial charge >= 0.3 is 6.09 Å². The molecule has 1 unspecified atom stereocenters. The molecule has 0 saturated carbocycles. The Hall–Kier alpha value is -1.72. The van der Waals surface area contributed by atoms with Crippen LogP contribution in [0.1, 0.15) is 42.7 Å². The fourth-order valence-corrected chi connectivity index (χ4v) is 4.49. The van der Waals surface area contributed by atoms with Crippen molar-refractivity contribution in [1.82, 2.24) is 0 Å². The molecule has 2 aromatic carbocycles. The molecule has 1 heterocycles. The molecule has 1 aliphatic rings. The van der Waals surface area contributed by atoms with Crippen molar-refractivity contribution in [3.63, 3.8) is 0 Å². The highest BCUT2D eigenvalue weighted by molar-refractivity contribution is 7.99. The summed E-state index contributed by atoms with van der Waals surface area (Å²) in [6.45, 7) is 5.46. The Morgan fingerprint density at radius 2 is 2.04 bits per heavy atom. The largest absolute Gasteiger partial charge is 0.444 e. The normalized spacial score (nSPS) is 16.4. The van der Waals surface area contributed by atoms with E-state index in [1.165, 1.54) is 12.1 Å². The summed E-state index contributed by atoms with van der Waals surface area (Å²) >= 11 is 7.93. The fraction of sp³-hybridized carbons (Fsp3) is 0.316. The Bertz CT molecular complexity index is 820. The Balaban J connectivity index is 1.89. The maximum Gasteiger partial charge on any atom is 0.412 e. The zero-order valence-electron chi connectivity index (χ0n) is 14.2. The van der Waals surface area contributed by atoms with Gasteiger partial charge in [0.2, 0.25) is 0 Å². The molecule has 6 heteroatoms. The lowest BCUT2D eigenvalue weighted by atomic mass is 9.99. The van der Waals surface area contributed by atoms with E-state index in [1.54, 1.807) is 17.8 Å². The van der Waals surface area contributed by atoms with E-state index in [1.807, 2.05) is 39.0 Å². The number of ether oxygens (including phenoxy) is 1. The van der Waals surface area contributed by atoms with Crippen LogP contribution < -0.4 is 5.32 Å². The van der Waals surface area contributed by atoms with Crippen LogP contribution in [0.15, 0.2) is 36.4 Å². The molecule has 0 aromatic heterocycles. The van der Waals surface area contributed by atoms with E-state index in [4.69, 9.17) is 16.3 Å². The van der Waals surface area contributed by atoms with Gasteiger partial charge in [-0.05, 0) is 61.7 Å². The van der Waals surface area contributed by atoms with Crippen molar-refractivity contribution in [2.75, 3.05) is 5.32 Å². The third-order valence-corrected chi connectivity index (χ3v) is 5.41. The minimum atomic E-state index is -0.561. The van der Waals surface area contributed by atoms with E-state index in [-0.39, 0.29) is 11.1 Å². The zero-order valence-corrected chi connectivity index (χ0v) is 15.8. The number of fused-ring (bicyclic) bond motifs is 1. The first-order chi connectivity index (χ1) is 11.7. The molecule has 0 fully saturated rings. The highest BCUT2D eigenvalue weighted by atomic mass is 35.5. The molecule has 25 heavy (non-hydrogen) atoms. The molecule has 1 N–H and O–H groups in total. The van der Waals surface area contributed by atoms with Crippen LogP contribution in [0.2, 0.25) is 5.02 Å². The predicted molar refractivity (Wildman–Crippen MR) is 101 cm³/mol. The third kappa shape index (κ3) is 4.10. The number of thioether (sulfide) groups is 1. The molecule has 1 amide bonds. The van der Waals surface area contributed by atoms with Crippen LogP contribution in [0.4, 0.5) is 14.9 Å². The second-order valence-electron chi connectivity index (χ2n) is 6.86. The standard InChI is InChI=1S/C19H19ClFNO2S/c1-19(2,3)24-18(23)22-16-6-4-5-12-14(16)10-25-17(12)13-9-11(21)7-8-15(13)20/h4-9,17H,10H2,1-3H3,(H,22,23). The van der Waals surface area contributed by atoms with E-state index in [0.717, 1.165) is 16.7 Å². The summed E-state index contributed by atoms with van der Waals surface area (Å²) < 4.78 is 19.0. The number of halogens is 2. The van der Waals surface area contributed by atoms with Gasteiger partial charge in [-0.25, -0.2) is 9.18 Å². The number of anilines is 1. The second-order valence-corrected chi connectivity index (χ2v) is 8.36. The molecule has 132 valence electrons. The van der Waals surface area contributed by atoms with Gasteiger partial charge in [0.1, 0.15) is 11.4 Å². The summed E-state index contributed by atoms with van der Waals surface area (Å²) in [6.07, 6.45) is -0.488. The molecule has 0 bridgehead atoms. The highest BCUT2D eigenvalue weighted by Gasteiger charge is 2.29. The van der Waals surface area contributed by atoms with Gasteiger partial charge in [0, 0.05) is 16.5 Å². The number of carbonyl (C=O) groups excluding carboxylic acids is 1. The van der Waals surface area contributed by atoms with Crippen molar-refractivity contribution in [3.05, 3.63) is 63.9 Å². The maximum atomic E-state index is 13.6. The fourth-order valence-electron chi connectivity index (χ4n) is 2.77. The second kappa shape index (κ2) is 6.89. The average molecular weight is 380 g/mol. The van der Waals surface area contributed by atoms with Crippen molar-refractivity contribution in [2.24, 2.45) is 0 Å². The van der Waals surface area contributed by atoms with Crippen molar-refractivity contribution in [3.8, 4) is 0 Å². The lowest BCUT2D eigenvalue weighted by Crippen LogP contribution is -2.27. The van der Waals surface area contributed by atoms with Crippen LogP contribution in [0.25, 0.3) is 0 Å². The summed E-state index contributed by atoms with van der Waals surface area (Å²) in [5, 5.41) is 3.30. The van der Waals surface area contributed by atoms with Gasteiger partial charge in [0.05, 0.1) is 5.25 Å². The Kier molecular flexibility index (Phi) is 4.98. The molecule has 3 nitrogen and oxygen atoms in total. The first kappa shape index (κ1) is 18.1. The number of carbonyl (C=O) groups is 1. The van der Waals surface area contributed by atoms with Crippen molar-refractivity contribution in [2.45, 2.75) is 37.4 Å². The Labute approximate surface area is 155 Å². The molecule has 0 spiro atoms. The van der Waals surface area contributed by atoms with Gasteiger partial charge in [-0.15, -0.1) is 11.8 Å².